The molecule has 5 heteroatoms. The molecular weight excluding hydrogens is 247 g/mol. The van der Waals surface area contributed by atoms with E-state index in [1.54, 1.807) is 11.3 Å². The van der Waals surface area contributed by atoms with Crippen molar-refractivity contribution >= 4 is 11.3 Å². The third-order valence-electron chi connectivity index (χ3n) is 3.64. The number of halogens is 3. The summed E-state index contributed by atoms with van der Waals surface area (Å²) >= 11 is 1.54. The highest BCUT2D eigenvalue weighted by atomic mass is 32.1. The molecule has 0 aliphatic heterocycles. The van der Waals surface area contributed by atoms with Gasteiger partial charge in [-0.3, -0.25) is 0 Å². The molecule has 0 spiro atoms. The molecule has 0 saturated heterocycles. The molecule has 1 aromatic rings. The predicted octanol–water partition coefficient (Wildman–Crippen LogP) is 3.96. The first-order valence-electron chi connectivity index (χ1n) is 5.73. The lowest BCUT2D eigenvalue weighted by Gasteiger charge is -2.39. The number of hydrogen-bond acceptors (Lipinski definition) is 2. The Kier molecular flexibility index (Phi) is 3.25. The normalized spacial score (nSPS) is 30.5. The van der Waals surface area contributed by atoms with E-state index in [0.717, 1.165) is 10.4 Å². The number of thiophene rings is 1. The number of hydrogen-bond donors (Lipinski definition) is 1. The molecule has 1 aromatic heterocycles. The van der Waals surface area contributed by atoms with E-state index in [0.29, 0.717) is 12.8 Å². The van der Waals surface area contributed by atoms with Crippen LogP contribution in [0, 0.1) is 12.8 Å². The van der Waals surface area contributed by atoms with Crippen molar-refractivity contribution in [1.29, 1.82) is 0 Å². The zero-order chi connectivity index (χ0) is 12.7. The molecule has 1 aliphatic rings. The minimum Gasteiger partial charge on any atom is -0.321 e. The van der Waals surface area contributed by atoms with Crippen molar-refractivity contribution < 1.29 is 13.2 Å². The van der Waals surface area contributed by atoms with Crippen molar-refractivity contribution in [1.82, 2.24) is 0 Å². The number of aryl methyl sites for hydroxylation is 1. The zero-order valence-electron chi connectivity index (χ0n) is 9.68. The summed E-state index contributed by atoms with van der Waals surface area (Å²) in [6.45, 7) is 1.92. The average Bonchev–Trinajstić information content (AvgIpc) is 2.64. The second kappa shape index (κ2) is 4.28. The van der Waals surface area contributed by atoms with Crippen molar-refractivity contribution in [3.8, 4) is 0 Å². The van der Waals surface area contributed by atoms with Crippen molar-refractivity contribution in [2.24, 2.45) is 11.7 Å². The van der Waals surface area contributed by atoms with E-state index in [1.165, 1.54) is 0 Å². The van der Waals surface area contributed by atoms with Gasteiger partial charge < -0.3 is 5.73 Å². The van der Waals surface area contributed by atoms with Gasteiger partial charge in [-0.05, 0) is 43.2 Å². The van der Waals surface area contributed by atoms with Gasteiger partial charge in [0.25, 0.3) is 0 Å². The molecule has 0 bridgehead atoms. The summed E-state index contributed by atoms with van der Waals surface area (Å²) in [5.41, 5.74) is 6.33. The largest absolute Gasteiger partial charge is 0.391 e. The summed E-state index contributed by atoms with van der Waals surface area (Å²) in [4.78, 5) is 1.04. The van der Waals surface area contributed by atoms with Crippen LogP contribution < -0.4 is 5.73 Å². The lowest BCUT2D eigenvalue weighted by atomic mass is 9.72. The molecule has 1 fully saturated rings. The SMILES string of the molecule is Cc1sccc1C1(N)CCCC(C(F)(F)F)C1. The quantitative estimate of drug-likeness (QED) is 0.815. The molecule has 2 rings (SSSR count). The third kappa shape index (κ3) is 2.50. The number of alkyl halides is 3. The fourth-order valence-electron chi connectivity index (χ4n) is 2.73. The minimum atomic E-state index is -4.12. The van der Waals surface area contributed by atoms with Crippen LogP contribution in [-0.4, -0.2) is 6.18 Å². The van der Waals surface area contributed by atoms with Gasteiger partial charge >= 0.3 is 6.18 Å². The molecule has 0 aromatic carbocycles. The average molecular weight is 263 g/mol. The predicted molar refractivity (Wildman–Crippen MR) is 62.9 cm³/mol. The lowest BCUT2D eigenvalue weighted by molar-refractivity contribution is -0.187. The maximum Gasteiger partial charge on any atom is 0.391 e. The van der Waals surface area contributed by atoms with Crippen molar-refractivity contribution in [2.45, 2.75) is 44.3 Å². The lowest BCUT2D eigenvalue weighted by Crippen LogP contribution is -2.45. The van der Waals surface area contributed by atoms with E-state index < -0.39 is 17.6 Å². The van der Waals surface area contributed by atoms with Crippen LogP contribution >= 0.6 is 11.3 Å². The molecule has 1 heterocycles. The summed E-state index contributed by atoms with van der Waals surface area (Å²) in [6, 6.07) is 1.87. The Bertz CT molecular complexity index is 399. The Hall–Kier alpha value is -0.550. The second-order valence-corrected chi connectivity index (χ2v) is 6.00. The van der Waals surface area contributed by atoms with E-state index in [1.807, 2.05) is 18.4 Å². The van der Waals surface area contributed by atoms with Crippen LogP contribution in [-0.2, 0) is 5.54 Å². The first-order chi connectivity index (χ1) is 7.83. The smallest absolute Gasteiger partial charge is 0.321 e. The molecule has 1 aliphatic carbocycles. The summed E-state index contributed by atoms with van der Waals surface area (Å²) in [6.07, 6.45) is -2.68. The molecule has 1 nitrogen and oxygen atoms in total. The molecule has 0 amide bonds. The standard InChI is InChI=1S/C12H16F3NS/c1-8-10(4-6-17-8)11(16)5-2-3-9(7-11)12(13,14)15/h4,6,9H,2-3,5,7,16H2,1H3. The maximum absolute atomic E-state index is 12.8. The second-order valence-electron chi connectivity index (χ2n) is 4.88. The van der Waals surface area contributed by atoms with E-state index >= 15 is 0 Å². The van der Waals surface area contributed by atoms with Crippen LogP contribution in [0.4, 0.5) is 13.2 Å². The van der Waals surface area contributed by atoms with Gasteiger partial charge in [-0.2, -0.15) is 13.2 Å². The topological polar surface area (TPSA) is 26.0 Å². The Balaban J connectivity index is 2.24. The summed E-state index contributed by atoms with van der Waals surface area (Å²) in [7, 11) is 0. The van der Waals surface area contributed by atoms with Gasteiger partial charge in [0.05, 0.1) is 5.92 Å². The highest BCUT2D eigenvalue weighted by Gasteiger charge is 2.47. The minimum absolute atomic E-state index is 0.0219. The maximum atomic E-state index is 12.8. The van der Waals surface area contributed by atoms with Crippen molar-refractivity contribution in [2.75, 3.05) is 0 Å². The van der Waals surface area contributed by atoms with Crippen molar-refractivity contribution in [3.63, 3.8) is 0 Å². The zero-order valence-corrected chi connectivity index (χ0v) is 10.5. The molecular formula is C12H16F3NS. The Morgan fingerprint density at radius 2 is 2.18 bits per heavy atom. The van der Waals surface area contributed by atoms with Gasteiger partial charge in [0.2, 0.25) is 0 Å². The Labute approximate surface area is 103 Å². The van der Waals surface area contributed by atoms with Crippen LogP contribution in [0.5, 0.6) is 0 Å². The molecule has 2 unspecified atom stereocenters. The fourth-order valence-corrected chi connectivity index (χ4v) is 3.54. The Morgan fingerprint density at radius 3 is 2.71 bits per heavy atom. The van der Waals surface area contributed by atoms with E-state index in [4.69, 9.17) is 5.73 Å². The first-order valence-corrected chi connectivity index (χ1v) is 6.61. The fraction of sp³-hybridized carbons (Fsp3) is 0.667. The molecule has 1 saturated carbocycles. The Morgan fingerprint density at radius 1 is 1.47 bits per heavy atom. The highest BCUT2D eigenvalue weighted by molar-refractivity contribution is 7.10. The highest BCUT2D eigenvalue weighted by Crippen LogP contribution is 2.45. The molecule has 0 radical (unpaired) electrons. The summed E-state index contributed by atoms with van der Waals surface area (Å²) < 4.78 is 38.3. The van der Waals surface area contributed by atoms with E-state index in [9.17, 15) is 13.2 Å². The van der Waals surface area contributed by atoms with Crippen LogP contribution in [0.1, 0.15) is 36.1 Å². The van der Waals surface area contributed by atoms with E-state index in [2.05, 4.69) is 0 Å². The van der Waals surface area contributed by atoms with Gasteiger partial charge in [0, 0.05) is 10.4 Å². The molecule has 17 heavy (non-hydrogen) atoms. The van der Waals surface area contributed by atoms with Crippen LogP contribution in [0.25, 0.3) is 0 Å². The first kappa shape index (κ1) is 12.9. The van der Waals surface area contributed by atoms with Crippen LogP contribution in [0.2, 0.25) is 0 Å². The molecule has 2 atom stereocenters. The summed E-state index contributed by atoms with van der Waals surface area (Å²) in [5.74, 6) is -1.25. The molecule has 2 N–H and O–H groups in total. The van der Waals surface area contributed by atoms with Gasteiger partial charge in [-0.1, -0.05) is 6.42 Å². The van der Waals surface area contributed by atoms with Crippen LogP contribution in [0.15, 0.2) is 11.4 Å². The van der Waals surface area contributed by atoms with Gasteiger partial charge in [0.1, 0.15) is 0 Å². The molecule has 96 valence electrons. The van der Waals surface area contributed by atoms with Gasteiger partial charge in [-0.15, -0.1) is 11.3 Å². The van der Waals surface area contributed by atoms with E-state index in [-0.39, 0.29) is 12.8 Å². The van der Waals surface area contributed by atoms with Crippen molar-refractivity contribution in [3.05, 3.63) is 21.9 Å². The van der Waals surface area contributed by atoms with Crippen LogP contribution in [0.3, 0.4) is 0 Å². The summed E-state index contributed by atoms with van der Waals surface area (Å²) in [5, 5.41) is 1.90. The monoisotopic (exact) mass is 263 g/mol. The van der Waals surface area contributed by atoms with Gasteiger partial charge in [-0.25, -0.2) is 0 Å². The van der Waals surface area contributed by atoms with Gasteiger partial charge in [0.15, 0.2) is 0 Å². The number of rotatable bonds is 1. The number of nitrogens with two attached hydrogens (primary N) is 1. The third-order valence-corrected chi connectivity index (χ3v) is 4.49.